The molecule has 4 heteroatoms. The lowest BCUT2D eigenvalue weighted by atomic mass is 9.83. The maximum Gasteiger partial charge on any atom is 0.333 e. The Morgan fingerprint density at radius 3 is 2.94 bits per heavy atom. The molecule has 1 heterocycles. The summed E-state index contributed by atoms with van der Waals surface area (Å²) < 4.78 is 10.1. The highest BCUT2D eigenvalue weighted by atomic mass is 16.6. The van der Waals surface area contributed by atoms with Crippen molar-refractivity contribution in [3.8, 4) is 5.75 Å². The Morgan fingerprint density at radius 2 is 2.28 bits per heavy atom. The zero-order valence-electron chi connectivity index (χ0n) is 10.4. The van der Waals surface area contributed by atoms with Crippen molar-refractivity contribution in [3.63, 3.8) is 0 Å². The molecule has 0 spiro atoms. The molecular weight excluding hydrogens is 232 g/mol. The number of esters is 2. The normalized spacial score (nSPS) is 21.1. The quantitative estimate of drug-likeness (QED) is 0.354. The van der Waals surface area contributed by atoms with E-state index in [0.717, 1.165) is 5.56 Å². The van der Waals surface area contributed by atoms with Crippen LogP contribution in [0.2, 0.25) is 0 Å². The van der Waals surface area contributed by atoms with E-state index in [-0.39, 0.29) is 6.61 Å². The molecule has 0 N–H and O–H groups in total. The lowest BCUT2D eigenvalue weighted by Crippen LogP contribution is -2.40. The van der Waals surface area contributed by atoms with Gasteiger partial charge in [0, 0.05) is 5.56 Å². The van der Waals surface area contributed by atoms with Gasteiger partial charge in [0.25, 0.3) is 0 Å². The highest BCUT2D eigenvalue weighted by molar-refractivity contribution is 6.09. The van der Waals surface area contributed by atoms with E-state index in [0.29, 0.717) is 11.3 Å². The van der Waals surface area contributed by atoms with E-state index in [1.165, 1.54) is 13.0 Å². The summed E-state index contributed by atoms with van der Waals surface area (Å²) in [6.45, 7) is 6.94. The predicted molar refractivity (Wildman–Crippen MR) is 65.3 cm³/mol. The minimum atomic E-state index is -1.38. The van der Waals surface area contributed by atoms with Crippen LogP contribution in [-0.2, 0) is 19.7 Å². The first kappa shape index (κ1) is 12.4. The van der Waals surface area contributed by atoms with Crippen molar-refractivity contribution in [3.05, 3.63) is 42.0 Å². The van der Waals surface area contributed by atoms with Crippen LogP contribution in [0.5, 0.6) is 5.75 Å². The van der Waals surface area contributed by atoms with E-state index in [9.17, 15) is 9.59 Å². The van der Waals surface area contributed by atoms with Gasteiger partial charge in [0.1, 0.15) is 12.4 Å². The molecule has 0 radical (unpaired) electrons. The van der Waals surface area contributed by atoms with Crippen molar-refractivity contribution in [1.82, 2.24) is 0 Å². The number of carbonyl (C=O) groups is 2. The molecule has 1 aromatic carbocycles. The third kappa shape index (κ3) is 1.70. The van der Waals surface area contributed by atoms with E-state index in [1.807, 2.05) is 13.0 Å². The molecule has 0 aromatic heterocycles. The number of rotatable bonds is 3. The van der Waals surface area contributed by atoms with Crippen LogP contribution < -0.4 is 4.74 Å². The fourth-order valence-corrected chi connectivity index (χ4v) is 1.91. The van der Waals surface area contributed by atoms with Crippen LogP contribution in [0.1, 0.15) is 18.1 Å². The van der Waals surface area contributed by atoms with Crippen LogP contribution in [-0.4, -0.2) is 18.5 Å². The van der Waals surface area contributed by atoms with Gasteiger partial charge in [0.15, 0.2) is 5.41 Å². The van der Waals surface area contributed by atoms with Crippen molar-refractivity contribution in [2.24, 2.45) is 0 Å². The van der Waals surface area contributed by atoms with Crippen LogP contribution in [0.15, 0.2) is 30.9 Å². The number of hydrogen-bond acceptors (Lipinski definition) is 4. The lowest BCUT2D eigenvalue weighted by Gasteiger charge is -2.18. The predicted octanol–water partition coefficient (Wildman–Crippen LogP) is 1.90. The second-order valence-electron chi connectivity index (χ2n) is 4.40. The number of carbonyl (C=O) groups excluding carboxylic acids is 2. The fourth-order valence-electron chi connectivity index (χ4n) is 1.91. The third-order valence-corrected chi connectivity index (χ3v) is 3.03. The minimum Gasteiger partial charge on any atom is -0.460 e. The molecular formula is C14H14O4. The Labute approximate surface area is 105 Å². The average molecular weight is 246 g/mol. The summed E-state index contributed by atoms with van der Waals surface area (Å²) in [5.41, 5.74) is 0.129. The molecule has 1 aromatic rings. The van der Waals surface area contributed by atoms with Gasteiger partial charge in [-0.05, 0) is 25.5 Å². The van der Waals surface area contributed by atoms with E-state index in [1.54, 1.807) is 12.1 Å². The molecule has 18 heavy (non-hydrogen) atoms. The van der Waals surface area contributed by atoms with Crippen LogP contribution in [0, 0.1) is 6.92 Å². The van der Waals surface area contributed by atoms with Gasteiger partial charge < -0.3 is 9.47 Å². The van der Waals surface area contributed by atoms with Gasteiger partial charge in [-0.15, -0.1) is 0 Å². The van der Waals surface area contributed by atoms with Gasteiger partial charge in [-0.1, -0.05) is 24.8 Å². The Kier molecular flexibility index (Phi) is 2.95. The van der Waals surface area contributed by atoms with Gasteiger partial charge in [-0.25, -0.2) is 0 Å². The summed E-state index contributed by atoms with van der Waals surface area (Å²) in [6, 6.07) is 5.30. The van der Waals surface area contributed by atoms with Crippen molar-refractivity contribution >= 4 is 11.9 Å². The molecule has 2 rings (SSSR count). The van der Waals surface area contributed by atoms with Crippen LogP contribution in [0.4, 0.5) is 0 Å². The topological polar surface area (TPSA) is 52.6 Å². The van der Waals surface area contributed by atoms with Crippen molar-refractivity contribution in [2.45, 2.75) is 19.3 Å². The first-order valence-corrected chi connectivity index (χ1v) is 5.61. The summed E-state index contributed by atoms with van der Waals surface area (Å²) in [4.78, 5) is 23.9. The van der Waals surface area contributed by atoms with Gasteiger partial charge >= 0.3 is 11.9 Å². The molecule has 1 aliphatic rings. The van der Waals surface area contributed by atoms with Crippen LogP contribution in [0.3, 0.4) is 0 Å². The number of fused-ring (bicyclic) bond motifs is 1. The summed E-state index contributed by atoms with van der Waals surface area (Å²) in [6.07, 6.45) is 1.46. The molecule has 0 amide bonds. The Balaban J connectivity index is 2.42. The van der Waals surface area contributed by atoms with E-state index in [2.05, 4.69) is 6.58 Å². The minimum absolute atomic E-state index is 0.0723. The second kappa shape index (κ2) is 4.29. The van der Waals surface area contributed by atoms with E-state index in [4.69, 9.17) is 9.47 Å². The third-order valence-electron chi connectivity index (χ3n) is 3.03. The maximum absolute atomic E-state index is 12.0. The molecule has 0 bridgehead atoms. The maximum atomic E-state index is 12.0. The second-order valence-corrected chi connectivity index (χ2v) is 4.40. The Bertz CT molecular complexity index is 533. The lowest BCUT2D eigenvalue weighted by molar-refractivity contribution is -0.156. The SMILES string of the molecule is C=CCOC(=O)[C@@]1(C)C(=O)Oc2cc(C)ccc21. The first-order chi connectivity index (χ1) is 8.50. The zero-order chi connectivity index (χ0) is 13.3. The standard InChI is InChI=1S/C14H14O4/c1-4-7-17-12(15)14(3)10-6-5-9(2)8-11(10)18-13(14)16/h4-6,8H,1,7H2,2-3H3/t14-/m0/s1. The number of benzene rings is 1. The summed E-state index contributed by atoms with van der Waals surface area (Å²) >= 11 is 0. The fraction of sp³-hybridized carbons (Fsp3) is 0.286. The molecule has 0 fully saturated rings. The first-order valence-electron chi connectivity index (χ1n) is 5.61. The molecule has 4 nitrogen and oxygen atoms in total. The van der Waals surface area contributed by atoms with Crippen LogP contribution in [0.25, 0.3) is 0 Å². The summed E-state index contributed by atoms with van der Waals surface area (Å²) in [5, 5.41) is 0. The van der Waals surface area contributed by atoms with E-state index < -0.39 is 17.4 Å². The molecule has 0 saturated heterocycles. The monoisotopic (exact) mass is 246 g/mol. The highest BCUT2D eigenvalue weighted by Gasteiger charge is 2.52. The van der Waals surface area contributed by atoms with Crippen molar-refractivity contribution in [2.75, 3.05) is 6.61 Å². The number of ether oxygens (including phenoxy) is 2. The molecule has 1 aliphatic heterocycles. The van der Waals surface area contributed by atoms with Crippen molar-refractivity contribution < 1.29 is 19.1 Å². The van der Waals surface area contributed by atoms with Gasteiger partial charge in [0.2, 0.25) is 0 Å². The van der Waals surface area contributed by atoms with Gasteiger partial charge in [-0.3, -0.25) is 9.59 Å². The Morgan fingerprint density at radius 1 is 1.56 bits per heavy atom. The van der Waals surface area contributed by atoms with Gasteiger partial charge in [0.05, 0.1) is 0 Å². The highest BCUT2D eigenvalue weighted by Crippen LogP contribution is 2.40. The molecule has 0 saturated carbocycles. The molecule has 0 aliphatic carbocycles. The molecule has 1 atom stereocenters. The van der Waals surface area contributed by atoms with E-state index >= 15 is 0 Å². The molecule has 0 unspecified atom stereocenters. The van der Waals surface area contributed by atoms with Gasteiger partial charge in [-0.2, -0.15) is 0 Å². The summed E-state index contributed by atoms with van der Waals surface area (Å²) in [5.74, 6) is -0.787. The average Bonchev–Trinajstić information content (AvgIpc) is 2.59. The largest absolute Gasteiger partial charge is 0.460 e. The van der Waals surface area contributed by atoms with Crippen molar-refractivity contribution in [1.29, 1.82) is 0 Å². The molecule has 94 valence electrons. The zero-order valence-corrected chi connectivity index (χ0v) is 10.4. The number of aryl methyl sites for hydroxylation is 1. The van der Waals surface area contributed by atoms with Crippen LogP contribution >= 0.6 is 0 Å². The smallest absolute Gasteiger partial charge is 0.333 e. The summed E-state index contributed by atoms with van der Waals surface area (Å²) in [7, 11) is 0. The number of hydrogen-bond donors (Lipinski definition) is 0. The Hall–Kier alpha value is -2.10.